The second kappa shape index (κ2) is 6.67. The van der Waals surface area contributed by atoms with Gasteiger partial charge in [-0.2, -0.15) is 0 Å². The highest BCUT2D eigenvalue weighted by Gasteiger charge is 2.22. The molecule has 1 heterocycles. The van der Waals surface area contributed by atoms with Gasteiger partial charge in [-0.05, 0) is 56.2 Å². The molecule has 0 radical (unpaired) electrons. The molecule has 0 aliphatic heterocycles. The van der Waals surface area contributed by atoms with Crippen LogP contribution in [0.1, 0.15) is 30.6 Å². The summed E-state index contributed by atoms with van der Waals surface area (Å²) >= 11 is 1.66. The molecule has 1 fully saturated rings. The van der Waals surface area contributed by atoms with E-state index >= 15 is 0 Å². The number of rotatable bonds is 4. The number of aliphatic hydroxyl groups excluding tert-OH is 1. The van der Waals surface area contributed by atoms with E-state index < -0.39 is 0 Å². The third-order valence-electron chi connectivity index (χ3n) is 4.01. The number of benzene rings is 1. The van der Waals surface area contributed by atoms with Crippen molar-refractivity contribution in [2.75, 3.05) is 5.32 Å². The predicted octanol–water partition coefficient (Wildman–Crippen LogP) is 4.62. The van der Waals surface area contributed by atoms with Crippen molar-refractivity contribution in [3.63, 3.8) is 0 Å². The molecule has 1 aromatic heterocycles. The molecule has 1 aliphatic carbocycles. The lowest BCUT2D eigenvalue weighted by Crippen LogP contribution is -2.26. The fourth-order valence-corrected chi connectivity index (χ4v) is 3.35. The highest BCUT2D eigenvalue weighted by Crippen LogP contribution is 2.34. The SMILES string of the molecule is Cc1sccc1Nc1ccc(F)cc1OC1CCC(O)CC1. The third kappa shape index (κ3) is 3.59. The lowest BCUT2D eigenvalue weighted by atomic mass is 9.95. The van der Waals surface area contributed by atoms with Gasteiger partial charge in [0.15, 0.2) is 0 Å². The molecule has 3 nitrogen and oxygen atoms in total. The Hall–Kier alpha value is -1.59. The molecule has 1 saturated carbocycles. The van der Waals surface area contributed by atoms with Crippen LogP contribution in [0, 0.1) is 12.7 Å². The van der Waals surface area contributed by atoms with Crippen molar-refractivity contribution in [3.05, 3.63) is 40.3 Å². The standard InChI is InChI=1S/C17H20FNO2S/c1-11-15(8-9-22-11)19-16-7-2-12(18)10-17(16)21-14-5-3-13(20)4-6-14/h2,7-10,13-14,19-20H,3-6H2,1H3. The molecule has 0 bridgehead atoms. The summed E-state index contributed by atoms with van der Waals surface area (Å²) in [5, 5.41) is 14.9. The Morgan fingerprint density at radius 1 is 1.18 bits per heavy atom. The maximum Gasteiger partial charge on any atom is 0.146 e. The molecule has 1 aromatic carbocycles. The molecule has 0 atom stereocenters. The Morgan fingerprint density at radius 2 is 1.95 bits per heavy atom. The predicted molar refractivity (Wildman–Crippen MR) is 87.6 cm³/mol. The van der Waals surface area contributed by atoms with Gasteiger partial charge in [-0.15, -0.1) is 11.3 Å². The zero-order valence-corrected chi connectivity index (χ0v) is 13.3. The number of aryl methyl sites for hydroxylation is 1. The highest BCUT2D eigenvalue weighted by atomic mass is 32.1. The molecule has 2 N–H and O–H groups in total. The topological polar surface area (TPSA) is 41.5 Å². The minimum atomic E-state index is -0.307. The minimum absolute atomic E-state index is 0.0364. The van der Waals surface area contributed by atoms with Gasteiger partial charge in [-0.1, -0.05) is 0 Å². The number of ether oxygens (including phenoxy) is 1. The number of anilines is 2. The van der Waals surface area contributed by atoms with Gasteiger partial charge in [0.05, 0.1) is 23.6 Å². The van der Waals surface area contributed by atoms with E-state index in [9.17, 15) is 9.50 Å². The highest BCUT2D eigenvalue weighted by molar-refractivity contribution is 7.10. The van der Waals surface area contributed by atoms with Crippen LogP contribution in [-0.4, -0.2) is 17.3 Å². The second-order valence-electron chi connectivity index (χ2n) is 5.70. The Labute approximate surface area is 133 Å². The Kier molecular flexibility index (Phi) is 4.64. The van der Waals surface area contributed by atoms with Gasteiger partial charge in [0.2, 0.25) is 0 Å². The van der Waals surface area contributed by atoms with Crippen molar-refractivity contribution in [2.45, 2.75) is 44.8 Å². The molecule has 0 amide bonds. The van der Waals surface area contributed by atoms with Crippen LogP contribution < -0.4 is 10.1 Å². The molecule has 5 heteroatoms. The number of halogens is 1. The van der Waals surface area contributed by atoms with Crippen molar-refractivity contribution < 1.29 is 14.2 Å². The van der Waals surface area contributed by atoms with Crippen molar-refractivity contribution in [3.8, 4) is 5.75 Å². The van der Waals surface area contributed by atoms with Gasteiger partial charge in [0.1, 0.15) is 11.6 Å². The second-order valence-corrected chi connectivity index (χ2v) is 6.82. The molecule has 0 unspecified atom stereocenters. The summed E-state index contributed by atoms with van der Waals surface area (Å²) in [6.07, 6.45) is 2.90. The maximum atomic E-state index is 13.6. The summed E-state index contributed by atoms with van der Waals surface area (Å²) in [4.78, 5) is 1.18. The smallest absolute Gasteiger partial charge is 0.146 e. The molecule has 0 saturated heterocycles. The molecule has 118 valence electrons. The lowest BCUT2D eigenvalue weighted by molar-refractivity contribution is 0.0668. The number of thiophene rings is 1. The van der Waals surface area contributed by atoms with Gasteiger partial charge in [0, 0.05) is 10.9 Å². The van der Waals surface area contributed by atoms with E-state index in [1.54, 1.807) is 17.4 Å². The average molecular weight is 321 g/mol. The fourth-order valence-electron chi connectivity index (χ4n) is 2.70. The van der Waals surface area contributed by atoms with Crippen LogP contribution in [0.5, 0.6) is 5.75 Å². The average Bonchev–Trinajstić information content (AvgIpc) is 2.90. The quantitative estimate of drug-likeness (QED) is 0.863. The first-order valence-corrected chi connectivity index (χ1v) is 8.45. The van der Waals surface area contributed by atoms with Crippen molar-refractivity contribution in [1.29, 1.82) is 0 Å². The number of hydrogen-bond acceptors (Lipinski definition) is 4. The molecular weight excluding hydrogens is 301 g/mol. The lowest BCUT2D eigenvalue weighted by Gasteiger charge is -2.27. The van der Waals surface area contributed by atoms with E-state index in [4.69, 9.17) is 4.74 Å². The van der Waals surface area contributed by atoms with Gasteiger partial charge >= 0.3 is 0 Å². The third-order valence-corrected chi connectivity index (χ3v) is 4.85. The van der Waals surface area contributed by atoms with Crippen LogP contribution in [0.2, 0.25) is 0 Å². The van der Waals surface area contributed by atoms with Gasteiger partial charge in [-0.25, -0.2) is 4.39 Å². The molecule has 2 aromatic rings. The normalized spacial score (nSPS) is 21.6. The van der Waals surface area contributed by atoms with Crippen molar-refractivity contribution >= 4 is 22.7 Å². The molecule has 1 aliphatic rings. The van der Waals surface area contributed by atoms with Gasteiger partial charge < -0.3 is 15.2 Å². The van der Waals surface area contributed by atoms with E-state index in [0.29, 0.717) is 5.75 Å². The number of aliphatic hydroxyl groups is 1. The summed E-state index contributed by atoms with van der Waals surface area (Å²) in [5.41, 5.74) is 1.79. The largest absolute Gasteiger partial charge is 0.488 e. The molecule has 0 spiro atoms. The fraction of sp³-hybridized carbons (Fsp3) is 0.412. The van der Waals surface area contributed by atoms with E-state index in [0.717, 1.165) is 37.1 Å². The van der Waals surface area contributed by atoms with Crippen LogP contribution >= 0.6 is 11.3 Å². The van der Waals surface area contributed by atoms with E-state index in [2.05, 4.69) is 5.32 Å². The molecular formula is C17H20FNO2S. The zero-order chi connectivity index (χ0) is 15.5. The van der Waals surface area contributed by atoms with E-state index in [-0.39, 0.29) is 18.0 Å². The zero-order valence-electron chi connectivity index (χ0n) is 12.5. The van der Waals surface area contributed by atoms with Crippen LogP contribution in [0.25, 0.3) is 0 Å². The summed E-state index contributed by atoms with van der Waals surface area (Å²) in [6, 6.07) is 6.57. The van der Waals surface area contributed by atoms with E-state index in [1.165, 1.54) is 17.0 Å². The first-order chi connectivity index (χ1) is 10.6. The molecule has 3 rings (SSSR count). The van der Waals surface area contributed by atoms with Crippen LogP contribution in [0.15, 0.2) is 29.6 Å². The number of nitrogens with one attached hydrogen (secondary N) is 1. The van der Waals surface area contributed by atoms with Crippen LogP contribution in [-0.2, 0) is 0 Å². The number of hydrogen-bond donors (Lipinski definition) is 2. The van der Waals surface area contributed by atoms with Crippen molar-refractivity contribution in [2.24, 2.45) is 0 Å². The maximum absolute atomic E-state index is 13.6. The molecule has 22 heavy (non-hydrogen) atoms. The summed E-state index contributed by atoms with van der Waals surface area (Å²) in [5.74, 6) is 0.227. The Balaban J connectivity index is 1.77. The van der Waals surface area contributed by atoms with Crippen LogP contribution in [0.4, 0.5) is 15.8 Å². The van der Waals surface area contributed by atoms with Gasteiger partial charge in [0.25, 0.3) is 0 Å². The van der Waals surface area contributed by atoms with Crippen molar-refractivity contribution in [1.82, 2.24) is 0 Å². The Morgan fingerprint density at radius 3 is 2.64 bits per heavy atom. The first-order valence-electron chi connectivity index (χ1n) is 7.57. The van der Waals surface area contributed by atoms with E-state index in [1.807, 2.05) is 18.4 Å². The van der Waals surface area contributed by atoms with Crippen LogP contribution in [0.3, 0.4) is 0 Å². The minimum Gasteiger partial charge on any atom is -0.488 e. The Bertz CT molecular complexity index is 635. The summed E-state index contributed by atoms with van der Waals surface area (Å²) < 4.78 is 19.6. The first kappa shape index (κ1) is 15.3. The monoisotopic (exact) mass is 321 g/mol. The summed E-state index contributed by atoms with van der Waals surface area (Å²) in [7, 11) is 0. The summed E-state index contributed by atoms with van der Waals surface area (Å²) in [6.45, 7) is 2.04. The van der Waals surface area contributed by atoms with Gasteiger partial charge in [-0.3, -0.25) is 0 Å².